The molecule has 0 radical (unpaired) electrons. The van der Waals surface area contributed by atoms with Gasteiger partial charge >= 0.3 is 0 Å². The van der Waals surface area contributed by atoms with Crippen LogP contribution >= 0.6 is 0 Å². The molecule has 1 aromatic carbocycles. The molecular weight excluding hydrogens is 407 g/mol. The number of anilines is 1. The number of benzene rings is 1. The second kappa shape index (κ2) is 9.69. The van der Waals surface area contributed by atoms with E-state index < -0.39 is 0 Å². The molecule has 2 saturated carbocycles. The molecule has 2 aromatic rings. The standard InChI is InChI=1S/C25H35FN4O2/c1-15(2)10-17-12-19(13-17)25-29-28-24(30(25)21-5-6-21)18(8-9-31)14-23(32)27-22-7-4-20(26)11-16(22)3/h4,7,11,15,17-19,21,31H,5-6,8-10,12-14H2,1-3H3,(H,27,32)/t17?,18-,19?/m0/s1. The predicted molar refractivity (Wildman–Crippen MR) is 122 cm³/mol. The summed E-state index contributed by atoms with van der Waals surface area (Å²) in [5, 5.41) is 21.7. The molecule has 1 atom stereocenters. The van der Waals surface area contributed by atoms with Crippen molar-refractivity contribution in [1.82, 2.24) is 14.8 Å². The van der Waals surface area contributed by atoms with E-state index in [2.05, 4.69) is 33.9 Å². The average molecular weight is 443 g/mol. The lowest BCUT2D eigenvalue weighted by Gasteiger charge is -2.36. The Kier molecular flexibility index (Phi) is 6.93. The predicted octanol–water partition coefficient (Wildman–Crippen LogP) is 5.10. The summed E-state index contributed by atoms with van der Waals surface area (Å²) < 4.78 is 15.7. The fraction of sp³-hybridized carbons (Fsp3) is 0.640. The first-order chi connectivity index (χ1) is 15.4. The molecule has 0 saturated heterocycles. The Morgan fingerprint density at radius 3 is 2.66 bits per heavy atom. The average Bonchev–Trinajstić information content (AvgIpc) is 3.45. The smallest absolute Gasteiger partial charge is 0.225 e. The van der Waals surface area contributed by atoms with Gasteiger partial charge in [-0.3, -0.25) is 4.79 Å². The number of halogens is 1. The molecule has 1 heterocycles. The molecule has 6 nitrogen and oxygen atoms in total. The lowest BCUT2D eigenvalue weighted by Crippen LogP contribution is -2.26. The van der Waals surface area contributed by atoms with Gasteiger partial charge in [0.15, 0.2) is 0 Å². The topological polar surface area (TPSA) is 80.0 Å². The van der Waals surface area contributed by atoms with Gasteiger partial charge in [0.05, 0.1) is 0 Å². The zero-order valence-electron chi connectivity index (χ0n) is 19.4. The van der Waals surface area contributed by atoms with Crippen molar-refractivity contribution in [2.75, 3.05) is 11.9 Å². The van der Waals surface area contributed by atoms with Crippen LogP contribution in [-0.2, 0) is 4.79 Å². The summed E-state index contributed by atoms with van der Waals surface area (Å²) in [5.74, 6) is 3.15. The number of hydrogen-bond donors (Lipinski definition) is 2. The molecule has 1 amide bonds. The molecule has 2 aliphatic rings. The van der Waals surface area contributed by atoms with E-state index in [-0.39, 0.29) is 30.7 Å². The Hall–Kier alpha value is -2.28. The minimum Gasteiger partial charge on any atom is -0.396 e. The molecule has 174 valence electrons. The van der Waals surface area contributed by atoms with Crippen LogP contribution in [0.1, 0.15) is 93.9 Å². The molecule has 4 rings (SSSR count). The van der Waals surface area contributed by atoms with Crippen LogP contribution in [0.4, 0.5) is 10.1 Å². The van der Waals surface area contributed by atoms with Gasteiger partial charge in [-0.15, -0.1) is 10.2 Å². The second-order valence-corrected chi connectivity index (χ2v) is 10.1. The first-order valence-corrected chi connectivity index (χ1v) is 12.0. The van der Waals surface area contributed by atoms with Crippen LogP contribution in [0.5, 0.6) is 0 Å². The van der Waals surface area contributed by atoms with E-state index in [1.54, 1.807) is 13.0 Å². The van der Waals surface area contributed by atoms with Gasteiger partial charge < -0.3 is 15.0 Å². The van der Waals surface area contributed by atoms with Crippen molar-refractivity contribution in [2.24, 2.45) is 11.8 Å². The van der Waals surface area contributed by atoms with Gasteiger partial charge in [0.2, 0.25) is 5.91 Å². The molecule has 0 spiro atoms. The minimum absolute atomic E-state index is 0.0136. The lowest BCUT2D eigenvalue weighted by molar-refractivity contribution is -0.116. The number of aliphatic hydroxyl groups excluding tert-OH is 1. The summed E-state index contributed by atoms with van der Waals surface area (Å²) in [4.78, 5) is 12.8. The number of carbonyl (C=O) groups excluding carboxylic acids is 1. The first kappa shape index (κ1) is 22.9. The number of amides is 1. The SMILES string of the molecule is Cc1cc(F)ccc1NC(=O)C[C@H](CCO)c1nnc(C2CC(CC(C)C)C2)n1C1CC1. The molecule has 0 unspecified atom stereocenters. The normalized spacial score (nSPS) is 21.4. The molecule has 0 aliphatic heterocycles. The Morgan fingerprint density at radius 1 is 1.28 bits per heavy atom. The van der Waals surface area contributed by atoms with Crippen LogP contribution in [0, 0.1) is 24.6 Å². The van der Waals surface area contributed by atoms with E-state index in [4.69, 9.17) is 0 Å². The zero-order chi connectivity index (χ0) is 22.8. The van der Waals surface area contributed by atoms with Gasteiger partial charge in [-0.2, -0.15) is 0 Å². The van der Waals surface area contributed by atoms with Crippen LogP contribution in [-0.4, -0.2) is 32.4 Å². The van der Waals surface area contributed by atoms with E-state index in [1.807, 2.05) is 0 Å². The van der Waals surface area contributed by atoms with Crippen molar-refractivity contribution >= 4 is 11.6 Å². The van der Waals surface area contributed by atoms with Gasteiger partial charge in [-0.25, -0.2) is 4.39 Å². The van der Waals surface area contributed by atoms with Crippen LogP contribution in [0.3, 0.4) is 0 Å². The largest absolute Gasteiger partial charge is 0.396 e. The number of carbonyl (C=O) groups is 1. The Labute approximate surface area is 189 Å². The molecule has 0 bridgehead atoms. The Morgan fingerprint density at radius 2 is 2.03 bits per heavy atom. The van der Waals surface area contributed by atoms with E-state index in [0.717, 1.165) is 49.2 Å². The van der Waals surface area contributed by atoms with Crippen molar-refractivity contribution < 1.29 is 14.3 Å². The van der Waals surface area contributed by atoms with E-state index >= 15 is 0 Å². The number of nitrogens with one attached hydrogen (secondary N) is 1. The Bertz CT molecular complexity index is 947. The van der Waals surface area contributed by atoms with Crippen LogP contribution in [0.25, 0.3) is 0 Å². The Balaban J connectivity index is 1.48. The molecule has 2 aliphatic carbocycles. The summed E-state index contributed by atoms with van der Waals surface area (Å²) in [5.41, 5.74) is 1.29. The number of hydrogen-bond acceptors (Lipinski definition) is 4. The molecule has 1 aromatic heterocycles. The van der Waals surface area contributed by atoms with Crippen molar-refractivity contribution in [3.63, 3.8) is 0 Å². The third-order valence-electron chi connectivity index (χ3n) is 6.80. The summed E-state index contributed by atoms with van der Waals surface area (Å²) >= 11 is 0. The highest BCUT2D eigenvalue weighted by Crippen LogP contribution is 2.48. The number of nitrogens with zero attached hydrogens (tertiary/aromatic N) is 3. The first-order valence-electron chi connectivity index (χ1n) is 12.0. The van der Waals surface area contributed by atoms with Crippen molar-refractivity contribution in [1.29, 1.82) is 0 Å². The maximum absolute atomic E-state index is 13.4. The van der Waals surface area contributed by atoms with Crippen LogP contribution in [0.2, 0.25) is 0 Å². The third kappa shape index (κ3) is 5.20. The minimum atomic E-state index is -0.324. The van der Waals surface area contributed by atoms with Gasteiger partial charge in [-0.1, -0.05) is 13.8 Å². The summed E-state index contributed by atoms with van der Waals surface area (Å²) in [6.45, 7) is 6.30. The molecule has 7 heteroatoms. The van der Waals surface area contributed by atoms with Crippen LogP contribution < -0.4 is 5.32 Å². The van der Waals surface area contributed by atoms with Gasteiger partial charge in [-0.05, 0) is 81.0 Å². The van der Waals surface area contributed by atoms with Gasteiger partial charge in [0, 0.05) is 36.6 Å². The highest BCUT2D eigenvalue weighted by molar-refractivity contribution is 5.91. The van der Waals surface area contributed by atoms with E-state index in [0.29, 0.717) is 29.6 Å². The van der Waals surface area contributed by atoms with E-state index in [9.17, 15) is 14.3 Å². The molecule has 2 N–H and O–H groups in total. The second-order valence-electron chi connectivity index (χ2n) is 10.1. The number of aryl methyl sites for hydroxylation is 1. The van der Waals surface area contributed by atoms with Crippen molar-refractivity contribution in [3.8, 4) is 0 Å². The quantitative estimate of drug-likeness (QED) is 0.537. The number of aliphatic hydroxyl groups is 1. The molecule has 32 heavy (non-hydrogen) atoms. The summed E-state index contributed by atoms with van der Waals surface area (Å²) in [7, 11) is 0. The van der Waals surface area contributed by atoms with E-state index in [1.165, 1.54) is 18.6 Å². The fourth-order valence-electron chi connectivity index (χ4n) is 5.06. The van der Waals surface area contributed by atoms with Crippen molar-refractivity contribution in [3.05, 3.63) is 41.2 Å². The third-order valence-corrected chi connectivity index (χ3v) is 6.80. The zero-order valence-corrected chi connectivity index (χ0v) is 19.4. The number of rotatable bonds is 10. The lowest BCUT2D eigenvalue weighted by atomic mass is 9.71. The van der Waals surface area contributed by atoms with Crippen molar-refractivity contribution in [2.45, 2.75) is 83.6 Å². The maximum atomic E-state index is 13.4. The molecule has 2 fully saturated rings. The molecular formula is C25H35FN4O2. The monoisotopic (exact) mass is 442 g/mol. The van der Waals surface area contributed by atoms with Gasteiger partial charge in [0.25, 0.3) is 0 Å². The number of aromatic nitrogens is 3. The fourth-order valence-corrected chi connectivity index (χ4v) is 5.06. The highest BCUT2D eigenvalue weighted by Gasteiger charge is 2.39. The summed E-state index contributed by atoms with van der Waals surface area (Å²) in [6.07, 6.45) is 6.50. The summed E-state index contributed by atoms with van der Waals surface area (Å²) in [6, 6.07) is 4.75. The van der Waals surface area contributed by atoms with Crippen LogP contribution in [0.15, 0.2) is 18.2 Å². The highest BCUT2D eigenvalue weighted by atomic mass is 19.1. The van der Waals surface area contributed by atoms with Gasteiger partial charge in [0.1, 0.15) is 17.5 Å². The maximum Gasteiger partial charge on any atom is 0.225 e.